The zero-order valence-corrected chi connectivity index (χ0v) is 26.4. The zero-order valence-electron chi connectivity index (χ0n) is 26.4. The molecule has 8 aromatic carbocycles. The van der Waals surface area contributed by atoms with Gasteiger partial charge in [-0.1, -0.05) is 103 Å². The maximum Gasteiger partial charge on any atom is 0.227 e. The first kappa shape index (κ1) is 27.5. The minimum Gasteiger partial charge on any atom is -0.456 e. The summed E-state index contributed by atoms with van der Waals surface area (Å²) in [6, 6.07) is 59.1. The molecular weight excluding hydrogens is 601 g/mol. The van der Waals surface area contributed by atoms with Gasteiger partial charge in [0.2, 0.25) is 5.89 Å². The molecule has 0 aliphatic heterocycles. The molecule has 0 saturated heterocycles. The number of aromatic nitrogens is 1. The van der Waals surface area contributed by atoms with Crippen LogP contribution in [0.5, 0.6) is 0 Å². The second-order valence-corrected chi connectivity index (χ2v) is 12.4. The van der Waals surface area contributed by atoms with E-state index in [1.165, 1.54) is 0 Å². The Hall–Kier alpha value is -6.65. The molecule has 0 fully saturated rings. The van der Waals surface area contributed by atoms with Crippen molar-refractivity contribution < 1.29 is 8.83 Å². The second kappa shape index (κ2) is 11.0. The van der Waals surface area contributed by atoms with Crippen LogP contribution in [0.4, 0.5) is 17.1 Å². The van der Waals surface area contributed by atoms with Crippen molar-refractivity contribution in [3.8, 4) is 22.6 Å². The van der Waals surface area contributed by atoms with Gasteiger partial charge in [-0.25, -0.2) is 4.98 Å². The van der Waals surface area contributed by atoms with Gasteiger partial charge in [0.15, 0.2) is 5.58 Å². The Labute approximate surface area is 282 Å². The van der Waals surface area contributed by atoms with Gasteiger partial charge in [-0.3, -0.25) is 0 Å². The highest BCUT2D eigenvalue weighted by molar-refractivity contribution is 6.18. The first-order valence-corrected chi connectivity index (χ1v) is 16.5. The largest absolute Gasteiger partial charge is 0.456 e. The lowest BCUT2D eigenvalue weighted by atomic mass is 10.00. The standard InChI is InChI=1S/C45H28N2O2/c1-3-10-29(11-4-1)32-12-9-13-33(26-32)45-46-40-25-21-31-19-18-30-20-22-35(27-39(30)43(31)44(40)49-45)47(34-14-5-2-6-15-34)36-23-24-38-37-16-7-8-17-41(37)48-42(38)28-36/h1-28H. The topological polar surface area (TPSA) is 42.4 Å². The van der Waals surface area contributed by atoms with Crippen molar-refractivity contribution in [2.24, 2.45) is 0 Å². The molecule has 0 unspecified atom stereocenters. The molecule has 0 atom stereocenters. The van der Waals surface area contributed by atoms with Crippen molar-refractivity contribution >= 4 is 71.6 Å². The number of furan rings is 1. The smallest absolute Gasteiger partial charge is 0.227 e. The summed E-state index contributed by atoms with van der Waals surface area (Å²) in [6.45, 7) is 0. The zero-order chi connectivity index (χ0) is 32.3. The molecule has 230 valence electrons. The Kier molecular flexibility index (Phi) is 6.15. The predicted octanol–water partition coefficient (Wildman–Crippen LogP) is 12.8. The van der Waals surface area contributed by atoms with Crippen LogP contribution in [0.25, 0.3) is 77.2 Å². The average Bonchev–Trinajstić information content (AvgIpc) is 3.77. The molecule has 0 spiro atoms. The van der Waals surface area contributed by atoms with Gasteiger partial charge in [0.1, 0.15) is 16.7 Å². The molecule has 0 aliphatic carbocycles. The fourth-order valence-electron chi connectivity index (χ4n) is 7.11. The lowest BCUT2D eigenvalue weighted by Crippen LogP contribution is -2.09. The van der Waals surface area contributed by atoms with Crippen LogP contribution in [-0.4, -0.2) is 4.98 Å². The number of nitrogens with zero attached hydrogens (tertiary/aromatic N) is 2. The summed E-state index contributed by atoms with van der Waals surface area (Å²) in [5.41, 5.74) is 9.71. The molecule has 2 heterocycles. The summed E-state index contributed by atoms with van der Waals surface area (Å²) in [6.07, 6.45) is 0. The van der Waals surface area contributed by atoms with Gasteiger partial charge in [-0.2, -0.15) is 0 Å². The maximum absolute atomic E-state index is 6.68. The van der Waals surface area contributed by atoms with Crippen LogP contribution in [0, 0.1) is 0 Å². The van der Waals surface area contributed by atoms with E-state index < -0.39 is 0 Å². The lowest BCUT2D eigenvalue weighted by molar-refractivity contribution is 0.623. The normalized spacial score (nSPS) is 11.7. The predicted molar refractivity (Wildman–Crippen MR) is 202 cm³/mol. The molecule has 4 heteroatoms. The van der Waals surface area contributed by atoms with Crippen LogP contribution < -0.4 is 4.90 Å². The Balaban J connectivity index is 1.15. The minimum absolute atomic E-state index is 0.610. The number of para-hydroxylation sites is 2. The molecule has 0 radical (unpaired) electrons. The van der Waals surface area contributed by atoms with Crippen LogP contribution in [0.15, 0.2) is 179 Å². The molecule has 49 heavy (non-hydrogen) atoms. The van der Waals surface area contributed by atoms with Gasteiger partial charge in [-0.15, -0.1) is 0 Å². The van der Waals surface area contributed by atoms with Gasteiger partial charge >= 0.3 is 0 Å². The second-order valence-electron chi connectivity index (χ2n) is 12.4. The van der Waals surface area contributed by atoms with Crippen molar-refractivity contribution in [2.75, 3.05) is 4.90 Å². The SMILES string of the molecule is c1ccc(-c2cccc(-c3nc4ccc5ccc6ccc(N(c7ccccc7)c7ccc8c(c7)oc7ccccc78)cc6c5c4o3)c2)cc1. The van der Waals surface area contributed by atoms with E-state index in [2.05, 4.69) is 150 Å². The highest BCUT2D eigenvalue weighted by Crippen LogP contribution is 2.42. The van der Waals surface area contributed by atoms with E-state index in [1.54, 1.807) is 0 Å². The summed E-state index contributed by atoms with van der Waals surface area (Å²) in [4.78, 5) is 7.27. The van der Waals surface area contributed by atoms with E-state index >= 15 is 0 Å². The molecule has 0 bridgehead atoms. The van der Waals surface area contributed by atoms with E-state index in [0.717, 1.165) is 88.3 Å². The number of hydrogen-bond donors (Lipinski definition) is 0. The highest BCUT2D eigenvalue weighted by atomic mass is 16.3. The van der Waals surface area contributed by atoms with Crippen LogP contribution in [0.2, 0.25) is 0 Å². The number of anilines is 3. The van der Waals surface area contributed by atoms with Gasteiger partial charge in [0.05, 0.1) is 0 Å². The van der Waals surface area contributed by atoms with E-state index in [9.17, 15) is 0 Å². The van der Waals surface area contributed by atoms with Gasteiger partial charge in [0.25, 0.3) is 0 Å². The Bertz CT molecular complexity index is 2830. The van der Waals surface area contributed by atoms with Crippen LogP contribution in [0.3, 0.4) is 0 Å². The minimum atomic E-state index is 0.610. The molecule has 0 amide bonds. The van der Waals surface area contributed by atoms with Crippen LogP contribution in [-0.2, 0) is 0 Å². The average molecular weight is 629 g/mol. The van der Waals surface area contributed by atoms with Crippen LogP contribution >= 0.6 is 0 Å². The Morgan fingerprint density at radius 3 is 1.98 bits per heavy atom. The monoisotopic (exact) mass is 628 g/mol. The highest BCUT2D eigenvalue weighted by Gasteiger charge is 2.18. The fraction of sp³-hybridized carbons (Fsp3) is 0. The maximum atomic E-state index is 6.68. The summed E-state index contributed by atoms with van der Waals surface area (Å²) in [7, 11) is 0. The molecule has 0 saturated carbocycles. The number of oxazole rings is 1. The molecule has 0 N–H and O–H groups in total. The van der Waals surface area contributed by atoms with Crippen molar-refractivity contribution in [3.05, 3.63) is 170 Å². The number of fused-ring (bicyclic) bond motifs is 8. The number of hydrogen-bond acceptors (Lipinski definition) is 4. The van der Waals surface area contributed by atoms with Crippen LogP contribution in [0.1, 0.15) is 0 Å². The van der Waals surface area contributed by atoms with E-state index in [-0.39, 0.29) is 0 Å². The van der Waals surface area contributed by atoms with Crippen molar-refractivity contribution in [1.82, 2.24) is 4.98 Å². The van der Waals surface area contributed by atoms with E-state index in [0.29, 0.717) is 5.89 Å². The molecule has 0 aliphatic rings. The van der Waals surface area contributed by atoms with Crippen molar-refractivity contribution in [2.45, 2.75) is 0 Å². The third-order valence-electron chi connectivity index (χ3n) is 9.45. The summed E-state index contributed by atoms with van der Waals surface area (Å²) in [5.74, 6) is 0.610. The van der Waals surface area contributed by atoms with E-state index in [4.69, 9.17) is 13.8 Å². The molecule has 2 aromatic heterocycles. The summed E-state index contributed by atoms with van der Waals surface area (Å²) < 4.78 is 13.0. The Morgan fingerprint density at radius 1 is 0.408 bits per heavy atom. The Morgan fingerprint density at radius 2 is 1.08 bits per heavy atom. The fourth-order valence-corrected chi connectivity index (χ4v) is 7.11. The van der Waals surface area contributed by atoms with Crippen molar-refractivity contribution in [1.29, 1.82) is 0 Å². The molecule has 10 rings (SSSR count). The quantitative estimate of drug-likeness (QED) is 0.178. The molecule has 10 aromatic rings. The third-order valence-corrected chi connectivity index (χ3v) is 9.45. The number of benzene rings is 8. The molecular formula is C45H28N2O2. The first-order valence-electron chi connectivity index (χ1n) is 16.5. The first-order chi connectivity index (χ1) is 24.3. The summed E-state index contributed by atoms with van der Waals surface area (Å²) >= 11 is 0. The summed E-state index contributed by atoms with van der Waals surface area (Å²) in [5, 5.41) is 6.62. The van der Waals surface area contributed by atoms with Gasteiger partial charge in [-0.05, 0) is 87.9 Å². The van der Waals surface area contributed by atoms with Crippen molar-refractivity contribution in [3.63, 3.8) is 0 Å². The van der Waals surface area contributed by atoms with Gasteiger partial charge < -0.3 is 13.7 Å². The van der Waals surface area contributed by atoms with E-state index in [1.807, 2.05) is 24.3 Å². The lowest BCUT2D eigenvalue weighted by Gasteiger charge is -2.26. The molecule has 4 nitrogen and oxygen atoms in total. The number of rotatable bonds is 5. The van der Waals surface area contributed by atoms with Gasteiger partial charge in [0, 0.05) is 44.9 Å². The third kappa shape index (κ3) is 4.57.